The van der Waals surface area contributed by atoms with E-state index in [1.807, 2.05) is 30.4 Å². The number of rotatable bonds is 68. The average molecular weight is 1440 g/mol. The molecule has 0 fully saturated rings. The van der Waals surface area contributed by atoms with Crippen LogP contribution < -0.4 is 0 Å². The number of hydrogen-bond donors (Lipinski definition) is 3. The first-order valence-electron chi connectivity index (χ1n) is 37.4. The van der Waals surface area contributed by atoms with Gasteiger partial charge in [0.2, 0.25) is 0 Å². The third kappa shape index (κ3) is 70.8. The average Bonchev–Trinajstić information content (AvgIpc) is 1.06. The van der Waals surface area contributed by atoms with E-state index in [0.717, 1.165) is 148 Å². The first-order valence-corrected chi connectivity index (χ1v) is 40.4. The zero-order valence-electron chi connectivity index (χ0n) is 61.5. The standard InChI is InChI=1S/C81H130O17P2/c1-5-9-13-17-21-25-29-33-36-37-40-43-46-50-54-58-62-66-79(84)92-72-77(98-81(86)68-64-60-56-52-48-44-39-35-31-27-23-19-15-11-7-3)74-96-100(89,90)94-70-75(82)69-93-99(87,88)95-73-76(97-80(85)67-63-59-55-51-47-41-32-28-24-20-16-12-8-4)71-91-78(83)65-61-57-53-49-45-42-38-34-30-26-22-18-14-10-6-2/h9-11,13-15,21-23,25-28,32-36,38-40,43,45,49-50,54,57,61,75-77,82H,5-8,12,16-20,24,29-31,37,41-42,44,46-48,51-53,55-56,58-60,62-74H2,1-4H3,(H,87,88)(H,89,90)/b13-9-,14-10-,15-11-,25-21-,26-22-,27-23-,32-28-,36-33-,38-34-,39-35-,43-40-,49-45-,54-50-,61-57-. The topological polar surface area (TPSA) is 237 Å². The SMILES string of the molecule is CC/C=C\C/C=C\C/C=C\C/C=C\C/C=C\CCCC(=O)OCC(COP(=O)(O)OCC(O)COP(=O)(O)OCC(COC(=O)C/C=C\C/C=C\C/C=C\C/C=C\C/C=C\CC)OC(=O)CCCCCCC/C=C\CCCCCC)OC(=O)CCCCCCC/C=C\C/C=C\C/C=C\CC. The lowest BCUT2D eigenvalue weighted by atomic mass is 10.1. The van der Waals surface area contributed by atoms with Crippen LogP contribution in [0.3, 0.4) is 0 Å². The van der Waals surface area contributed by atoms with E-state index < -0.39 is 97.5 Å². The summed E-state index contributed by atoms with van der Waals surface area (Å²) in [5, 5.41) is 10.6. The van der Waals surface area contributed by atoms with Crippen molar-refractivity contribution in [2.24, 2.45) is 0 Å². The number of phosphoric acid groups is 2. The van der Waals surface area contributed by atoms with Crippen LogP contribution in [0.5, 0.6) is 0 Å². The summed E-state index contributed by atoms with van der Waals surface area (Å²) in [5.74, 6) is -2.44. The highest BCUT2D eigenvalue weighted by atomic mass is 31.2. The number of aliphatic hydroxyl groups is 1. The number of carbonyl (C=O) groups excluding carboxylic acids is 4. The van der Waals surface area contributed by atoms with Crippen molar-refractivity contribution in [1.82, 2.24) is 0 Å². The Labute approximate surface area is 603 Å². The highest BCUT2D eigenvalue weighted by Gasteiger charge is 2.30. The molecular formula is C81H130O17P2. The summed E-state index contributed by atoms with van der Waals surface area (Å²) >= 11 is 0. The van der Waals surface area contributed by atoms with Crippen LogP contribution >= 0.6 is 15.6 Å². The minimum Gasteiger partial charge on any atom is -0.462 e. The Hall–Kier alpha value is -5.58. The summed E-state index contributed by atoms with van der Waals surface area (Å²) in [4.78, 5) is 72.7. The minimum absolute atomic E-state index is 0.0546. The molecule has 0 rings (SSSR count). The highest BCUT2D eigenvalue weighted by Crippen LogP contribution is 2.45. The van der Waals surface area contributed by atoms with Crippen molar-refractivity contribution in [2.45, 2.75) is 277 Å². The van der Waals surface area contributed by atoms with Gasteiger partial charge in [-0.15, -0.1) is 0 Å². The van der Waals surface area contributed by atoms with Gasteiger partial charge in [0.05, 0.1) is 32.8 Å². The van der Waals surface area contributed by atoms with Gasteiger partial charge in [-0.3, -0.25) is 37.3 Å². The number of unbranched alkanes of at least 4 members (excludes halogenated alkanes) is 15. The van der Waals surface area contributed by atoms with Crippen LogP contribution in [-0.4, -0.2) is 96.7 Å². The van der Waals surface area contributed by atoms with Gasteiger partial charge in [-0.1, -0.05) is 256 Å². The van der Waals surface area contributed by atoms with Crippen LogP contribution in [0.2, 0.25) is 0 Å². The molecule has 0 amide bonds. The number of carbonyl (C=O) groups is 4. The molecule has 0 saturated heterocycles. The van der Waals surface area contributed by atoms with E-state index in [9.17, 15) is 43.2 Å². The summed E-state index contributed by atoms with van der Waals surface area (Å²) in [6.45, 7) is 4.27. The number of esters is 4. The van der Waals surface area contributed by atoms with Crippen LogP contribution in [0, 0.1) is 0 Å². The Balaban J connectivity index is 5.50. The number of aliphatic hydroxyl groups excluding tert-OH is 1. The van der Waals surface area contributed by atoms with Gasteiger partial charge in [0.1, 0.15) is 19.3 Å². The first-order chi connectivity index (χ1) is 48.7. The van der Waals surface area contributed by atoms with Crippen molar-refractivity contribution in [1.29, 1.82) is 0 Å². The van der Waals surface area contributed by atoms with E-state index in [4.69, 9.17) is 37.0 Å². The summed E-state index contributed by atoms with van der Waals surface area (Å²) in [7, 11) is -10.0. The van der Waals surface area contributed by atoms with E-state index in [1.54, 1.807) is 6.08 Å². The fourth-order valence-electron chi connectivity index (χ4n) is 9.10. The van der Waals surface area contributed by atoms with Crippen molar-refractivity contribution in [3.63, 3.8) is 0 Å². The van der Waals surface area contributed by atoms with Crippen molar-refractivity contribution >= 4 is 39.5 Å². The third-order valence-corrected chi connectivity index (χ3v) is 16.6. The Morgan fingerprint density at radius 3 is 0.930 bits per heavy atom. The molecular weight excluding hydrogens is 1310 g/mol. The van der Waals surface area contributed by atoms with E-state index in [-0.39, 0.29) is 25.7 Å². The molecule has 0 aromatic rings. The first kappa shape index (κ1) is 94.4. The monoisotopic (exact) mass is 1440 g/mol. The van der Waals surface area contributed by atoms with Gasteiger partial charge in [0.15, 0.2) is 12.2 Å². The molecule has 0 aliphatic carbocycles. The fraction of sp³-hybridized carbons (Fsp3) is 0.605. The maximum atomic E-state index is 13.1. The molecule has 0 saturated carbocycles. The van der Waals surface area contributed by atoms with Crippen molar-refractivity contribution in [3.05, 3.63) is 170 Å². The fourth-order valence-corrected chi connectivity index (χ4v) is 10.7. The van der Waals surface area contributed by atoms with Gasteiger partial charge >= 0.3 is 39.5 Å². The molecule has 0 aromatic heterocycles. The van der Waals surface area contributed by atoms with Crippen molar-refractivity contribution < 1.29 is 80.2 Å². The molecule has 0 aromatic carbocycles. The van der Waals surface area contributed by atoms with E-state index >= 15 is 0 Å². The number of phosphoric ester groups is 2. The van der Waals surface area contributed by atoms with Crippen LogP contribution in [0.1, 0.15) is 259 Å². The van der Waals surface area contributed by atoms with Crippen molar-refractivity contribution in [3.8, 4) is 0 Å². The van der Waals surface area contributed by atoms with E-state index in [0.29, 0.717) is 32.1 Å². The molecule has 5 atom stereocenters. The highest BCUT2D eigenvalue weighted by molar-refractivity contribution is 7.47. The molecule has 100 heavy (non-hydrogen) atoms. The van der Waals surface area contributed by atoms with E-state index in [2.05, 4.69) is 161 Å². The van der Waals surface area contributed by atoms with Crippen LogP contribution in [0.25, 0.3) is 0 Å². The molecule has 566 valence electrons. The maximum absolute atomic E-state index is 13.1. The van der Waals surface area contributed by atoms with Gasteiger partial charge < -0.3 is 33.8 Å². The van der Waals surface area contributed by atoms with Gasteiger partial charge in [-0.25, -0.2) is 9.13 Å². The zero-order chi connectivity index (χ0) is 73.2. The Morgan fingerprint density at radius 2 is 0.570 bits per heavy atom. The maximum Gasteiger partial charge on any atom is 0.472 e. The van der Waals surface area contributed by atoms with Gasteiger partial charge in [0, 0.05) is 19.3 Å². The third-order valence-electron chi connectivity index (χ3n) is 14.7. The molecule has 0 aliphatic rings. The molecule has 3 N–H and O–H groups in total. The summed E-state index contributed by atoms with van der Waals surface area (Å²) in [5.41, 5.74) is 0. The van der Waals surface area contributed by atoms with Crippen LogP contribution in [0.15, 0.2) is 170 Å². The van der Waals surface area contributed by atoms with Gasteiger partial charge in [0.25, 0.3) is 0 Å². The molecule has 0 spiro atoms. The second-order valence-corrected chi connectivity index (χ2v) is 27.0. The van der Waals surface area contributed by atoms with Crippen LogP contribution in [0.4, 0.5) is 0 Å². The Bertz CT molecular complexity index is 2570. The molecule has 0 aliphatic heterocycles. The second kappa shape index (κ2) is 71.8. The van der Waals surface area contributed by atoms with Crippen LogP contribution in [-0.2, 0) is 65.4 Å². The van der Waals surface area contributed by atoms with Gasteiger partial charge in [-0.05, 0) is 148 Å². The zero-order valence-corrected chi connectivity index (χ0v) is 63.3. The lowest BCUT2D eigenvalue weighted by molar-refractivity contribution is -0.161. The molecule has 0 heterocycles. The van der Waals surface area contributed by atoms with Crippen molar-refractivity contribution in [2.75, 3.05) is 39.6 Å². The Morgan fingerprint density at radius 1 is 0.300 bits per heavy atom. The lowest BCUT2D eigenvalue weighted by Crippen LogP contribution is -2.30. The summed E-state index contributed by atoms with van der Waals surface area (Å²) in [6, 6.07) is 0. The lowest BCUT2D eigenvalue weighted by Gasteiger charge is -2.21. The normalized spacial score (nSPS) is 14.9. The predicted molar refractivity (Wildman–Crippen MR) is 408 cm³/mol. The molecule has 19 heteroatoms. The number of allylic oxidation sites excluding steroid dienone is 27. The second-order valence-electron chi connectivity index (χ2n) is 24.1. The largest absolute Gasteiger partial charge is 0.472 e. The quantitative estimate of drug-likeness (QED) is 0.0169. The minimum atomic E-state index is -5.01. The van der Waals surface area contributed by atoms with Gasteiger partial charge in [-0.2, -0.15) is 0 Å². The molecule has 5 unspecified atom stereocenters. The molecule has 0 bridgehead atoms. The smallest absolute Gasteiger partial charge is 0.462 e. The predicted octanol–water partition coefficient (Wildman–Crippen LogP) is 21.4. The Kier molecular flexibility index (Phi) is 67.8. The summed E-state index contributed by atoms with van der Waals surface area (Å²) in [6.07, 6.45) is 83.9. The molecule has 0 radical (unpaired) electrons. The number of ether oxygens (including phenoxy) is 4. The number of hydrogen-bond acceptors (Lipinski definition) is 15. The molecule has 17 nitrogen and oxygen atoms in total. The van der Waals surface area contributed by atoms with E-state index in [1.165, 1.54) is 25.7 Å². The summed E-state index contributed by atoms with van der Waals surface area (Å²) < 4.78 is 68.2.